The van der Waals surface area contributed by atoms with Gasteiger partial charge in [0.2, 0.25) is 0 Å². The van der Waals surface area contributed by atoms with E-state index in [0.29, 0.717) is 6.61 Å². The van der Waals surface area contributed by atoms with Crippen LogP contribution in [-0.4, -0.2) is 30.5 Å². The van der Waals surface area contributed by atoms with E-state index in [1.54, 1.807) is 6.20 Å². The molecular formula is C17H22N2O. The first-order valence-corrected chi connectivity index (χ1v) is 7.00. The predicted molar refractivity (Wildman–Crippen MR) is 81.9 cm³/mol. The van der Waals surface area contributed by atoms with Gasteiger partial charge in [0.05, 0.1) is 0 Å². The Kier molecular flexibility index (Phi) is 5.56. The Morgan fingerprint density at radius 2 is 1.95 bits per heavy atom. The van der Waals surface area contributed by atoms with Crippen LogP contribution in [0.5, 0.6) is 5.75 Å². The number of hydrogen-bond donors (Lipinski definition) is 0. The summed E-state index contributed by atoms with van der Waals surface area (Å²) in [5.74, 6) is 0.982. The molecule has 1 aromatic carbocycles. The van der Waals surface area contributed by atoms with Gasteiger partial charge in [-0.25, -0.2) is 0 Å². The Labute approximate surface area is 121 Å². The summed E-state index contributed by atoms with van der Waals surface area (Å²) in [6, 6.07) is 12.2. The fourth-order valence-corrected chi connectivity index (χ4v) is 2.08. The molecule has 3 heteroatoms. The molecule has 0 saturated heterocycles. The van der Waals surface area contributed by atoms with Gasteiger partial charge in [0, 0.05) is 18.0 Å². The molecular weight excluding hydrogens is 248 g/mol. The number of para-hydroxylation sites is 1. The Bertz CT molecular complexity index is 511. The van der Waals surface area contributed by atoms with E-state index in [9.17, 15) is 0 Å². The average Bonchev–Trinajstić information content (AvgIpc) is 2.47. The maximum atomic E-state index is 5.93. The zero-order chi connectivity index (χ0) is 14.2. The van der Waals surface area contributed by atoms with Crippen LogP contribution in [0.25, 0.3) is 0 Å². The fraction of sp³-hybridized carbons (Fsp3) is 0.353. The van der Waals surface area contributed by atoms with Gasteiger partial charge in [0.1, 0.15) is 12.4 Å². The molecule has 0 aliphatic heterocycles. The number of pyridine rings is 1. The van der Waals surface area contributed by atoms with Crippen molar-refractivity contribution in [1.82, 2.24) is 9.88 Å². The van der Waals surface area contributed by atoms with E-state index < -0.39 is 0 Å². The van der Waals surface area contributed by atoms with E-state index in [0.717, 1.165) is 30.7 Å². The lowest BCUT2D eigenvalue weighted by Gasteiger charge is -2.13. The maximum Gasteiger partial charge on any atom is 0.122 e. The summed E-state index contributed by atoms with van der Waals surface area (Å²) >= 11 is 0. The third-order valence-corrected chi connectivity index (χ3v) is 3.14. The van der Waals surface area contributed by atoms with Crippen LogP contribution in [0.3, 0.4) is 0 Å². The molecule has 0 aliphatic carbocycles. The standard InChI is InChI=1S/C17H22N2O/c1-19(2)12-6-9-16-8-3-4-10-17(16)20-14-15-7-5-11-18-13-15/h3-5,7-8,10-11,13H,6,9,12,14H2,1-2H3. The van der Waals surface area contributed by atoms with Crippen molar-refractivity contribution < 1.29 is 4.74 Å². The molecule has 0 radical (unpaired) electrons. The molecule has 20 heavy (non-hydrogen) atoms. The second-order valence-corrected chi connectivity index (χ2v) is 5.16. The largest absolute Gasteiger partial charge is 0.489 e. The lowest BCUT2D eigenvalue weighted by Crippen LogP contribution is -2.13. The highest BCUT2D eigenvalue weighted by molar-refractivity contribution is 5.33. The number of aromatic nitrogens is 1. The minimum Gasteiger partial charge on any atom is -0.489 e. The number of hydrogen-bond acceptors (Lipinski definition) is 3. The van der Waals surface area contributed by atoms with Gasteiger partial charge < -0.3 is 9.64 Å². The van der Waals surface area contributed by atoms with Crippen LogP contribution >= 0.6 is 0 Å². The molecule has 0 saturated carbocycles. The van der Waals surface area contributed by atoms with Gasteiger partial charge in [-0.15, -0.1) is 0 Å². The van der Waals surface area contributed by atoms with Crippen molar-refractivity contribution in [3.63, 3.8) is 0 Å². The van der Waals surface area contributed by atoms with Crippen molar-refractivity contribution in [2.45, 2.75) is 19.4 Å². The summed E-state index contributed by atoms with van der Waals surface area (Å²) in [7, 11) is 4.20. The van der Waals surface area contributed by atoms with Crippen LogP contribution < -0.4 is 4.74 Å². The second kappa shape index (κ2) is 7.65. The van der Waals surface area contributed by atoms with Crippen LogP contribution in [0, 0.1) is 0 Å². The summed E-state index contributed by atoms with van der Waals surface area (Å²) in [5, 5.41) is 0. The van der Waals surface area contributed by atoms with Gasteiger partial charge in [0.15, 0.2) is 0 Å². The summed E-state index contributed by atoms with van der Waals surface area (Å²) < 4.78 is 5.93. The Hall–Kier alpha value is -1.87. The van der Waals surface area contributed by atoms with E-state index in [1.807, 2.05) is 30.5 Å². The summed E-state index contributed by atoms with van der Waals surface area (Å²) in [5.41, 5.74) is 2.37. The van der Waals surface area contributed by atoms with Crippen LogP contribution in [-0.2, 0) is 13.0 Å². The molecule has 3 nitrogen and oxygen atoms in total. The summed E-state index contributed by atoms with van der Waals surface area (Å²) in [6.07, 6.45) is 5.80. The minimum atomic E-state index is 0.568. The number of rotatable bonds is 7. The highest BCUT2D eigenvalue weighted by Crippen LogP contribution is 2.20. The molecule has 0 bridgehead atoms. The van der Waals surface area contributed by atoms with Crippen molar-refractivity contribution in [1.29, 1.82) is 0 Å². The van der Waals surface area contributed by atoms with Gasteiger partial charge in [-0.3, -0.25) is 4.98 Å². The van der Waals surface area contributed by atoms with Crippen molar-refractivity contribution in [3.8, 4) is 5.75 Å². The first kappa shape index (κ1) is 14.5. The molecule has 2 rings (SSSR count). The first-order chi connectivity index (χ1) is 9.75. The fourth-order valence-electron chi connectivity index (χ4n) is 2.08. The van der Waals surface area contributed by atoms with Gasteiger partial charge >= 0.3 is 0 Å². The van der Waals surface area contributed by atoms with Crippen LogP contribution in [0.2, 0.25) is 0 Å². The van der Waals surface area contributed by atoms with E-state index >= 15 is 0 Å². The Balaban J connectivity index is 1.93. The first-order valence-electron chi connectivity index (χ1n) is 7.00. The zero-order valence-electron chi connectivity index (χ0n) is 12.2. The molecule has 106 valence electrons. The summed E-state index contributed by atoms with van der Waals surface area (Å²) in [4.78, 5) is 6.31. The van der Waals surface area contributed by atoms with E-state index in [4.69, 9.17) is 4.74 Å². The quantitative estimate of drug-likeness (QED) is 0.773. The molecule has 0 fully saturated rings. The topological polar surface area (TPSA) is 25.4 Å². The molecule has 2 aromatic rings. The molecule has 0 amide bonds. The number of nitrogens with zero attached hydrogens (tertiary/aromatic N) is 2. The third-order valence-electron chi connectivity index (χ3n) is 3.14. The SMILES string of the molecule is CN(C)CCCc1ccccc1OCc1cccnc1. The Morgan fingerprint density at radius 3 is 2.70 bits per heavy atom. The molecule has 0 aliphatic rings. The molecule has 1 heterocycles. The van der Waals surface area contributed by atoms with Crippen LogP contribution in [0.15, 0.2) is 48.8 Å². The zero-order valence-corrected chi connectivity index (χ0v) is 12.2. The van der Waals surface area contributed by atoms with Crippen molar-refractivity contribution in [2.75, 3.05) is 20.6 Å². The van der Waals surface area contributed by atoms with E-state index in [2.05, 4.69) is 36.1 Å². The van der Waals surface area contributed by atoms with Gasteiger partial charge in [-0.2, -0.15) is 0 Å². The second-order valence-electron chi connectivity index (χ2n) is 5.16. The highest BCUT2D eigenvalue weighted by Gasteiger charge is 2.04. The minimum absolute atomic E-state index is 0.568. The number of benzene rings is 1. The van der Waals surface area contributed by atoms with Gasteiger partial charge in [0.25, 0.3) is 0 Å². The number of aryl methyl sites for hydroxylation is 1. The molecule has 0 atom stereocenters. The highest BCUT2D eigenvalue weighted by atomic mass is 16.5. The lowest BCUT2D eigenvalue weighted by molar-refractivity contribution is 0.301. The monoisotopic (exact) mass is 270 g/mol. The normalized spacial score (nSPS) is 10.8. The maximum absolute atomic E-state index is 5.93. The average molecular weight is 270 g/mol. The van der Waals surface area contributed by atoms with E-state index in [-0.39, 0.29) is 0 Å². The lowest BCUT2D eigenvalue weighted by atomic mass is 10.1. The predicted octanol–water partition coefficient (Wildman–Crippen LogP) is 3.15. The van der Waals surface area contributed by atoms with Crippen molar-refractivity contribution in [3.05, 3.63) is 59.9 Å². The smallest absolute Gasteiger partial charge is 0.122 e. The van der Waals surface area contributed by atoms with Crippen molar-refractivity contribution >= 4 is 0 Å². The van der Waals surface area contributed by atoms with Crippen LogP contribution in [0.1, 0.15) is 17.5 Å². The number of ether oxygens (including phenoxy) is 1. The summed E-state index contributed by atoms with van der Waals surface area (Å²) in [6.45, 7) is 1.66. The van der Waals surface area contributed by atoms with E-state index in [1.165, 1.54) is 5.56 Å². The molecule has 1 aromatic heterocycles. The van der Waals surface area contributed by atoms with Crippen LogP contribution in [0.4, 0.5) is 0 Å². The van der Waals surface area contributed by atoms with Gasteiger partial charge in [-0.05, 0) is 51.2 Å². The van der Waals surface area contributed by atoms with Gasteiger partial charge in [-0.1, -0.05) is 24.3 Å². The molecule has 0 spiro atoms. The third kappa shape index (κ3) is 4.67. The molecule has 0 N–H and O–H groups in total. The Morgan fingerprint density at radius 1 is 1.10 bits per heavy atom. The van der Waals surface area contributed by atoms with Crippen molar-refractivity contribution in [2.24, 2.45) is 0 Å². The molecule has 0 unspecified atom stereocenters.